The molecule has 11 heavy (non-hydrogen) atoms. The van der Waals surface area contributed by atoms with Gasteiger partial charge in [-0.3, -0.25) is 4.79 Å². The Morgan fingerprint density at radius 3 is 3.00 bits per heavy atom. The average Bonchev–Trinajstić information content (AvgIpc) is 2.47. The van der Waals surface area contributed by atoms with Crippen LogP contribution >= 0.6 is 11.3 Å². The maximum absolute atomic E-state index is 10.5. The molecule has 0 N–H and O–H groups in total. The van der Waals surface area contributed by atoms with Gasteiger partial charge in [0.25, 0.3) is 0 Å². The van der Waals surface area contributed by atoms with Crippen molar-refractivity contribution in [1.29, 1.82) is 0 Å². The Morgan fingerprint density at radius 2 is 2.18 bits per heavy atom. The molecule has 0 aromatic rings. The first-order valence-corrected chi connectivity index (χ1v) is 4.26. The van der Waals surface area contributed by atoms with Crippen LogP contribution in [0.25, 0.3) is 11.1 Å². The fraction of sp³-hybridized carbons (Fsp3) is 0. The third kappa shape index (κ3) is 0.955. The maximum atomic E-state index is 10.5. The van der Waals surface area contributed by atoms with Crippen molar-refractivity contribution in [1.82, 2.24) is 0 Å². The summed E-state index contributed by atoms with van der Waals surface area (Å²) in [6.07, 6.45) is 0.896. The van der Waals surface area contributed by atoms with Crippen LogP contribution in [-0.4, -0.2) is 6.29 Å². The van der Waals surface area contributed by atoms with Crippen molar-refractivity contribution in [2.75, 3.05) is 0 Å². The summed E-state index contributed by atoms with van der Waals surface area (Å²) < 4.78 is 0. The Hall–Kier alpha value is -1.15. The van der Waals surface area contributed by atoms with E-state index in [4.69, 9.17) is 0 Å². The highest BCUT2D eigenvalue weighted by Crippen LogP contribution is 2.27. The first-order valence-electron chi connectivity index (χ1n) is 3.32. The van der Waals surface area contributed by atoms with Crippen LogP contribution in [0.3, 0.4) is 0 Å². The molecule has 0 radical (unpaired) electrons. The van der Waals surface area contributed by atoms with Gasteiger partial charge in [0, 0.05) is 5.56 Å². The summed E-state index contributed by atoms with van der Waals surface area (Å²) in [5.41, 5.74) is 2.99. The minimum atomic E-state index is 0.785. The molecule has 1 aliphatic heterocycles. The van der Waals surface area contributed by atoms with E-state index in [-0.39, 0.29) is 0 Å². The largest absolute Gasteiger partial charge is 0.298 e. The first kappa shape index (κ1) is 6.55. The zero-order chi connectivity index (χ0) is 7.68. The van der Waals surface area contributed by atoms with Gasteiger partial charge < -0.3 is 0 Å². The second kappa shape index (κ2) is 2.47. The van der Waals surface area contributed by atoms with Crippen molar-refractivity contribution in [2.24, 2.45) is 0 Å². The van der Waals surface area contributed by atoms with Crippen molar-refractivity contribution < 1.29 is 4.79 Å². The lowest BCUT2D eigenvalue weighted by molar-refractivity contribution is 0.112. The number of fused-ring (bicyclic) bond motifs is 1. The topological polar surface area (TPSA) is 17.1 Å². The molecular formula is C9H6OS. The van der Waals surface area contributed by atoms with E-state index in [9.17, 15) is 4.79 Å². The standard InChI is InChI=1S/C9H6OS/c10-5-7-1-2-8-6-11-4-3-9(7)8/h1-6H. The zero-order valence-electron chi connectivity index (χ0n) is 5.78. The summed E-state index contributed by atoms with van der Waals surface area (Å²) in [4.78, 5) is 10.5. The Balaban J connectivity index is 2.73. The van der Waals surface area contributed by atoms with Crippen LogP contribution in [0.4, 0.5) is 0 Å². The number of rotatable bonds is 1. The van der Waals surface area contributed by atoms with E-state index in [0.29, 0.717) is 0 Å². The van der Waals surface area contributed by atoms with Crippen LogP contribution < -0.4 is 0 Å². The molecule has 0 saturated carbocycles. The van der Waals surface area contributed by atoms with Crippen molar-refractivity contribution >= 4 is 17.6 Å². The lowest BCUT2D eigenvalue weighted by Gasteiger charge is -1.95. The van der Waals surface area contributed by atoms with Gasteiger partial charge in [-0.25, -0.2) is 0 Å². The molecule has 0 atom stereocenters. The monoisotopic (exact) mass is 162 g/mol. The summed E-state index contributed by atoms with van der Waals surface area (Å²) in [6.45, 7) is 0. The van der Waals surface area contributed by atoms with Gasteiger partial charge in [0.1, 0.15) is 0 Å². The molecule has 54 valence electrons. The molecule has 1 heterocycles. The Kier molecular flexibility index (Phi) is 1.47. The Morgan fingerprint density at radius 1 is 1.27 bits per heavy atom. The van der Waals surface area contributed by atoms with Gasteiger partial charge >= 0.3 is 0 Å². The first-order chi connectivity index (χ1) is 5.42. The number of hydrogen-bond donors (Lipinski definition) is 0. The zero-order valence-corrected chi connectivity index (χ0v) is 6.60. The Bertz CT molecular complexity index is 351. The lowest BCUT2D eigenvalue weighted by Crippen LogP contribution is -1.76. The molecule has 0 aromatic carbocycles. The molecule has 2 aliphatic rings. The summed E-state index contributed by atoms with van der Waals surface area (Å²) in [5, 5.41) is 4.03. The number of carbonyl (C=O) groups is 1. The SMILES string of the molecule is O=Cc1ccc2csccc1-2. The molecule has 2 heteroatoms. The molecule has 0 fully saturated rings. The predicted octanol–water partition coefficient (Wildman–Crippen LogP) is 2.67. The van der Waals surface area contributed by atoms with E-state index < -0.39 is 0 Å². The van der Waals surface area contributed by atoms with Gasteiger partial charge in [0.05, 0.1) is 0 Å². The average molecular weight is 162 g/mol. The highest BCUT2D eigenvalue weighted by atomic mass is 32.1. The van der Waals surface area contributed by atoms with Crippen molar-refractivity contribution in [3.05, 3.63) is 34.5 Å². The van der Waals surface area contributed by atoms with Gasteiger partial charge in [0.15, 0.2) is 6.29 Å². The third-order valence-corrected chi connectivity index (χ3v) is 2.38. The van der Waals surface area contributed by atoms with Gasteiger partial charge in [-0.15, -0.1) is 0 Å². The molecule has 1 nitrogen and oxygen atoms in total. The van der Waals surface area contributed by atoms with Gasteiger partial charge in [-0.1, -0.05) is 12.1 Å². The number of hydrogen-bond acceptors (Lipinski definition) is 2. The summed E-state index contributed by atoms with van der Waals surface area (Å²) in [5.74, 6) is 0. The quantitative estimate of drug-likeness (QED) is 0.589. The molecule has 0 bridgehead atoms. The minimum absolute atomic E-state index is 0.785. The fourth-order valence-electron chi connectivity index (χ4n) is 1.14. The predicted molar refractivity (Wildman–Crippen MR) is 46.3 cm³/mol. The molecule has 0 aromatic heterocycles. The van der Waals surface area contributed by atoms with Crippen molar-refractivity contribution in [3.8, 4) is 11.1 Å². The molecule has 0 amide bonds. The molecule has 1 aliphatic carbocycles. The van der Waals surface area contributed by atoms with E-state index >= 15 is 0 Å². The van der Waals surface area contributed by atoms with E-state index in [0.717, 1.165) is 23.0 Å². The maximum Gasteiger partial charge on any atom is 0.150 e. The minimum Gasteiger partial charge on any atom is -0.298 e. The number of aldehydes is 1. The van der Waals surface area contributed by atoms with E-state index in [1.165, 1.54) is 0 Å². The van der Waals surface area contributed by atoms with Gasteiger partial charge in [-0.05, 0) is 28.0 Å². The normalized spacial score (nSPS) is 10.2. The third-order valence-electron chi connectivity index (χ3n) is 1.70. The van der Waals surface area contributed by atoms with E-state index in [1.807, 2.05) is 29.0 Å². The van der Waals surface area contributed by atoms with Crippen LogP contribution in [-0.2, 0) is 0 Å². The molecule has 0 unspecified atom stereocenters. The highest BCUT2D eigenvalue weighted by molar-refractivity contribution is 7.07. The molecular weight excluding hydrogens is 156 g/mol. The van der Waals surface area contributed by atoms with Gasteiger partial charge in [0.2, 0.25) is 0 Å². The van der Waals surface area contributed by atoms with Crippen LogP contribution in [0, 0.1) is 0 Å². The molecule has 0 saturated heterocycles. The molecule has 0 spiro atoms. The van der Waals surface area contributed by atoms with Crippen LogP contribution in [0.2, 0.25) is 0 Å². The van der Waals surface area contributed by atoms with Crippen molar-refractivity contribution in [2.45, 2.75) is 0 Å². The van der Waals surface area contributed by atoms with Crippen LogP contribution in [0.1, 0.15) is 10.4 Å². The Labute approximate surface area is 68.6 Å². The van der Waals surface area contributed by atoms with Crippen molar-refractivity contribution in [3.63, 3.8) is 0 Å². The summed E-state index contributed by atoms with van der Waals surface area (Å²) >= 11 is 1.64. The smallest absolute Gasteiger partial charge is 0.150 e. The summed E-state index contributed by atoms with van der Waals surface area (Å²) in [7, 11) is 0. The molecule has 2 rings (SSSR count). The fourth-order valence-corrected chi connectivity index (χ4v) is 1.79. The van der Waals surface area contributed by atoms with Crippen LogP contribution in [0.15, 0.2) is 29.0 Å². The van der Waals surface area contributed by atoms with E-state index in [1.54, 1.807) is 11.3 Å². The van der Waals surface area contributed by atoms with Gasteiger partial charge in [-0.2, -0.15) is 11.3 Å². The highest BCUT2D eigenvalue weighted by Gasteiger charge is 2.05. The van der Waals surface area contributed by atoms with E-state index in [2.05, 4.69) is 0 Å². The summed E-state index contributed by atoms with van der Waals surface area (Å²) in [6, 6.07) is 5.80. The second-order valence-electron chi connectivity index (χ2n) is 2.33. The number of carbonyl (C=O) groups excluding carboxylic acids is 1. The van der Waals surface area contributed by atoms with Crippen LogP contribution in [0.5, 0.6) is 0 Å². The lowest BCUT2D eigenvalue weighted by atomic mass is 10.1. The second-order valence-corrected chi connectivity index (χ2v) is 3.11.